The van der Waals surface area contributed by atoms with E-state index >= 15 is 0 Å². The van der Waals surface area contributed by atoms with E-state index in [-0.39, 0.29) is 5.69 Å². The minimum absolute atomic E-state index is 0.00210. The van der Waals surface area contributed by atoms with Crippen molar-refractivity contribution in [3.05, 3.63) is 64.2 Å². The first-order valence-electron chi connectivity index (χ1n) is 5.41. The van der Waals surface area contributed by atoms with Gasteiger partial charge >= 0.3 is 0 Å². The molecule has 0 aromatic heterocycles. The summed E-state index contributed by atoms with van der Waals surface area (Å²) >= 11 is 0. The lowest BCUT2D eigenvalue weighted by molar-refractivity contribution is -0.384. The Morgan fingerprint density at radius 3 is 2.67 bits per heavy atom. The Morgan fingerprint density at radius 1 is 1.17 bits per heavy atom. The van der Waals surface area contributed by atoms with Crippen LogP contribution in [0.1, 0.15) is 5.56 Å². The molecule has 2 N–H and O–H groups in total. The summed E-state index contributed by atoms with van der Waals surface area (Å²) in [5.74, 6) is 1.03. The average molecular weight is 244 g/mol. The van der Waals surface area contributed by atoms with Gasteiger partial charge in [0.1, 0.15) is 11.5 Å². The molecule has 0 saturated heterocycles. The lowest BCUT2D eigenvalue weighted by Crippen LogP contribution is -1.99. The van der Waals surface area contributed by atoms with Gasteiger partial charge in [0.2, 0.25) is 0 Å². The predicted octanol–water partition coefficient (Wildman–Crippen LogP) is 2.85. The van der Waals surface area contributed by atoms with Crippen LogP contribution in [0.5, 0.6) is 11.5 Å². The second kappa shape index (κ2) is 5.29. The number of nitrogens with zero attached hydrogens (tertiary/aromatic N) is 1. The molecule has 5 nitrogen and oxygen atoms in total. The minimum Gasteiger partial charge on any atom is -0.457 e. The molecule has 2 rings (SSSR count). The molecule has 0 atom stereocenters. The van der Waals surface area contributed by atoms with Crippen LogP contribution in [0.25, 0.3) is 0 Å². The summed E-state index contributed by atoms with van der Waals surface area (Å²) in [5.41, 5.74) is 6.44. The van der Waals surface area contributed by atoms with Crippen molar-refractivity contribution < 1.29 is 9.66 Å². The number of nitrogens with two attached hydrogens (primary N) is 1. The highest BCUT2D eigenvalue weighted by Crippen LogP contribution is 2.27. The van der Waals surface area contributed by atoms with Crippen molar-refractivity contribution in [3.8, 4) is 11.5 Å². The van der Waals surface area contributed by atoms with Crippen LogP contribution in [0.15, 0.2) is 48.5 Å². The number of benzene rings is 2. The van der Waals surface area contributed by atoms with E-state index in [9.17, 15) is 10.1 Å². The van der Waals surface area contributed by atoms with Gasteiger partial charge in [-0.2, -0.15) is 0 Å². The Bertz CT molecular complexity index is 570. The fourth-order valence-electron chi connectivity index (χ4n) is 1.56. The van der Waals surface area contributed by atoms with Gasteiger partial charge < -0.3 is 10.5 Å². The molecule has 0 saturated carbocycles. The van der Waals surface area contributed by atoms with Gasteiger partial charge in [0.05, 0.1) is 11.0 Å². The van der Waals surface area contributed by atoms with E-state index in [1.165, 1.54) is 12.1 Å². The maximum absolute atomic E-state index is 10.7. The van der Waals surface area contributed by atoms with E-state index < -0.39 is 4.92 Å². The normalized spacial score (nSPS) is 10.1. The van der Waals surface area contributed by atoms with Gasteiger partial charge in [-0.05, 0) is 12.1 Å². The van der Waals surface area contributed by atoms with E-state index in [4.69, 9.17) is 10.5 Å². The van der Waals surface area contributed by atoms with Crippen LogP contribution in [-0.2, 0) is 6.54 Å². The second-order valence-corrected chi connectivity index (χ2v) is 3.67. The summed E-state index contributed by atoms with van der Waals surface area (Å²) in [6, 6.07) is 13.4. The first-order chi connectivity index (χ1) is 8.70. The number of non-ortho nitro benzene ring substituents is 1. The molecule has 0 radical (unpaired) electrons. The van der Waals surface area contributed by atoms with Crippen molar-refractivity contribution in [1.29, 1.82) is 0 Å². The topological polar surface area (TPSA) is 78.4 Å². The summed E-state index contributed by atoms with van der Waals surface area (Å²) < 4.78 is 5.61. The SMILES string of the molecule is NCc1ccccc1Oc1cccc([N+](=O)[O-])c1. The molecular weight excluding hydrogens is 232 g/mol. The van der Waals surface area contributed by atoms with Crippen molar-refractivity contribution in [3.63, 3.8) is 0 Å². The van der Waals surface area contributed by atoms with Crippen LogP contribution in [0.2, 0.25) is 0 Å². The number of rotatable bonds is 4. The molecule has 0 heterocycles. The molecule has 2 aromatic rings. The number of hydrogen-bond acceptors (Lipinski definition) is 4. The number of nitro benzene ring substituents is 1. The molecule has 0 bridgehead atoms. The van der Waals surface area contributed by atoms with E-state index in [2.05, 4.69) is 0 Å². The molecule has 0 amide bonds. The Balaban J connectivity index is 2.28. The molecule has 92 valence electrons. The van der Waals surface area contributed by atoms with Crippen molar-refractivity contribution >= 4 is 5.69 Å². The zero-order valence-corrected chi connectivity index (χ0v) is 9.58. The summed E-state index contributed by atoms with van der Waals surface area (Å²) in [6.07, 6.45) is 0. The number of nitro groups is 1. The quantitative estimate of drug-likeness (QED) is 0.662. The standard InChI is InChI=1S/C13H12N2O3/c14-9-10-4-1-2-7-13(10)18-12-6-3-5-11(8-12)15(16)17/h1-8H,9,14H2. The third-order valence-corrected chi connectivity index (χ3v) is 2.45. The van der Waals surface area contributed by atoms with E-state index in [1.807, 2.05) is 18.2 Å². The van der Waals surface area contributed by atoms with Crippen molar-refractivity contribution in [2.45, 2.75) is 6.54 Å². The third kappa shape index (κ3) is 2.64. The number of hydrogen-bond donors (Lipinski definition) is 1. The van der Waals surface area contributed by atoms with Gasteiger partial charge in [-0.15, -0.1) is 0 Å². The number of para-hydroxylation sites is 1. The van der Waals surface area contributed by atoms with Crippen LogP contribution >= 0.6 is 0 Å². The lowest BCUT2D eigenvalue weighted by atomic mass is 10.2. The first-order valence-corrected chi connectivity index (χ1v) is 5.41. The Hall–Kier alpha value is -2.40. The second-order valence-electron chi connectivity index (χ2n) is 3.67. The summed E-state index contributed by atoms with van der Waals surface area (Å²) in [4.78, 5) is 10.2. The molecule has 18 heavy (non-hydrogen) atoms. The Kier molecular flexibility index (Phi) is 3.54. The highest BCUT2D eigenvalue weighted by atomic mass is 16.6. The molecular formula is C13H12N2O3. The van der Waals surface area contributed by atoms with Gasteiger partial charge in [0.25, 0.3) is 5.69 Å². The summed E-state index contributed by atoms with van der Waals surface area (Å²) in [6.45, 7) is 0.352. The molecule has 2 aromatic carbocycles. The molecule has 0 aliphatic carbocycles. The molecule has 0 unspecified atom stereocenters. The third-order valence-electron chi connectivity index (χ3n) is 2.45. The van der Waals surface area contributed by atoms with Gasteiger partial charge in [0, 0.05) is 18.2 Å². The Morgan fingerprint density at radius 2 is 1.94 bits per heavy atom. The van der Waals surface area contributed by atoms with E-state index in [1.54, 1.807) is 18.2 Å². The lowest BCUT2D eigenvalue weighted by Gasteiger charge is -2.09. The smallest absolute Gasteiger partial charge is 0.273 e. The zero-order chi connectivity index (χ0) is 13.0. The van der Waals surface area contributed by atoms with Crippen LogP contribution in [0.3, 0.4) is 0 Å². The van der Waals surface area contributed by atoms with Crippen molar-refractivity contribution in [2.24, 2.45) is 5.73 Å². The van der Waals surface area contributed by atoms with Crippen LogP contribution in [0, 0.1) is 10.1 Å². The van der Waals surface area contributed by atoms with Gasteiger partial charge in [0.15, 0.2) is 0 Å². The summed E-state index contributed by atoms with van der Waals surface area (Å²) in [7, 11) is 0. The number of ether oxygens (including phenoxy) is 1. The van der Waals surface area contributed by atoms with Gasteiger partial charge in [-0.3, -0.25) is 10.1 Å². The molecule has 5 heteroatoms. The minimum atomic E-state index is -0.457. The maximum atomic E-state index is 10.7. The van der Waals surface area contributed by atoms with E-state index in [0.717, 1.165) is 5.56 Å². The van der Waals surface area contributed by atoms with Gasteiger partial charge in [-0.1, -0.05) is 24.3 Å². The predicted molar refractivity (Wildman–Crippen MR) is 67.5 cm³/mol. The fraction of sp³-hybridized carbons (Fsp3) is 0.0769. The van der Waals surface area contributed by atoms with Crippen LogP contribution in [0.4, 0.5) is 5.69 Å². The highest BCUT2D eigenvalue weighted by Gasteiger charge is 2.08. The fourth-order valence-corrected chi connectivity index (χ4v) is 1.56. The monoisotopic (exact) mass is 244 g/mol. The average Bonchev–Trinajstić information content (AvgIpc) is 2.39. The van der Waals surface area contributed by atoms with Crippen LogP contribution < -0.4 is 10.5 Å². The maximum Gasteiger partial charge on any atom is 0.273 e. The highest BCUT2D eigenvalue weighted by molar-refractivity contribution is 5.42. The van der Waals surface area contributed by atoms with E-state index in [0.29, 0.717) is 18.0 Å². The van der Waals surface area contributed by atoms with Crippen LogP contribution in [-0.4, -0.2) is 4.92 Å². The molecule has 0 fully saturated rings. The Labute approximate surface area is 104 Å². The molecule has 0 aliphatic rings. The first kappa shape index (κ1) is 12.1. The van der Waals surface area contributed by atoms with Crippen molar-refractivity contribution in [2.75, 3.05) is 0 Å². The van der Waals surface area contributed by atoms with Gasteiger partial charge in [-0.25, -0.2) is 0 Å². The summed E-state index contributed by atoms with van der Waals surface area (Å²) in [5, 5.41) is 10.7. The van der Waals surface area contributed by atoms with Crippen molar-refractivity contribution in [1.82, 2.24) is 0 Å². The molecule has 0 spiro atoms. The zero-order valence-electron chi connectivity index (χ0n) is 9.58. The molecule has 0 aliphatic heterocycles. The largest absolute Gasteiger partial charge is 0.457 e.